The molecule has 32 heavy (non-hydrogen) atoms. The van der Waals surface area contributed by atoms with Crippen molar-refractivity contribution in [3.8, 4) is 0 Å². The summed E-state index contributed by atoms with van der Waals surface area (Å²) in [6.07, 6.45) is 7.11. The maximum Gasteiger partial charge on any atom is 0.259 e. The van der Waals surface area contributed by atoms with Crippen LogP contribution in [-0.2, 0) is 6.54 Å². The van der Waals surface area contributed by atoms with E-state index >= 15 is 0 Å². The number of hydrogen-bond acceptors (Lipinski definition) is 5. The molecule has 3 heterocycles. The fourth-order valence-corrected chi connectivity index (χ4v) is 4.94. The van der Waals surface area contributed by atoms with Gasteiger partial charge < -0.3 is 10.3 Å². The number of anilines is 1. The Kier molecular flexibility index (Phi) is 6.26. The average molecular weight is 433 g/mol. The molecule has 1 saturated carbocycles. The van der Waals surface area contributed by atoms with Crippen LogP contribution in [0.3, 0.4) is 0 Å². The third-order valence-corrected chi connectivity index (χ3v) is 6.35. The molecule has 1 fully saturated rings. The molecular weight excluding hydrogens is 400 g/mol. The standard InChI is InChI=1S/C23H26N6O.C2H6/c1-14-7-6-8-16-11-18(29(23(30)19(14)16)17-9-4-3-5-10-17)12-28-22-20(15(2)27-28)21(24)25-13-26-22;1-2/h6-8,11,13,17H,3-5,9-10,12H2,1-2H3,(H2,24,25,26);1-2H3. The van der Waals surface area contributed by atoms with Gasteiger partial charge in [0.1, 0.15) is 12.1 Å². The molecule has 0 atom stereocenters. The molecule has 0 radical (unpaired) electrons. The van der Waals surface area contributed by atoms with Gasteiger partial charge in [0, 0.05) is 11.7 Å². The summed E-state index contributed by atoms with van der Waals surface area (Å²) < 4.78 is 3.88. The number of pyridine rings is 1. The zero-order valence-corrected chi connectivity index (χ0v) is 19.4. The summed E-state index contributed by atoms with van der Waals surface area (Å²) >= 11 is 0. The summed E-state index contributed by atoms with van der Waals surface area (Å²) in [5.74, 6) is 0.433. The number of hydrogen-bond donors (Lipinski definition) is 1. The highest BCUT2D eigenvalue weighted by atomic mass is 16.1. The highest BCUT2D eigenvalue weighted by molar-refractivity contribution is 5.88. The molecule has 2 N–H and O–H groups in total. The second kappa shape index (κ2) is 9.10. The van der Waals surface area contributed by atoms with Crippen molar-refractivity contribution in [2.24, 2.45) is 0 Å². The molecule has 0 aliphatic heterocycles. The van der Waals surface area contributed by atoms with Gasteiger partial charge in [-0.15, -0.1) is 0 Å². The molecule has 0 bridgehead atoms. The van der Waals surface area contributed by atoms with Gasteiger partial charge in [0.05, 0.1) is 23.0 Å². The first-order chi connectivity index (χ1) is 15.5. The molecule has 0 unspecified atom stereocenters. The molecular formula is C25H32N6O. The van der Waals surface area contributed by atoms with E-state index in [1.54, 1.807) is 0 Å². The van der Waals surface area contributed by atoms with Crippen molar-refractivity contribution in [2.45, 2.75) is 72.4 Å². The number of fused-ring (bicyclic) bond motifs is 2. The third-order valence-electron chi connectivity index (χ3n) is 6.35. The van der Waals surface area contributed by atoms with Crippen molar-refractivity contribution < 1.29 is 0 Å². The summed E-state index contributed by atoms with van der Waals surface area (Å²) in [6, 6.07) is 8.41. The molecule has 0 amide bonds. The van der Waals surface area contributed by atoms with Gasteiger partial charge in [-0.3, -0.25) is 4.79 Å². The van der Waals surface area contributed by atoms with Crippen LogP contribution < -0.4 is 11.3 Å². The Morgan fingerprint density at radius 3 is 2.56 bits per heavy atom. The van der Waals surface area contributed by atoms with Gasteiger partial charge in [0.25, 0.3) is 5.56 Å². The quantitative estimate of drug-likeness (QED) is 0.496. The zero-order chi connectivity index (χ0) is 22.8. The summed E-state index contributed by atoms with van der Waals surface area (Å²) in [5.41, 5.74) is 9.66. The Labute approximate surface area is 188 Å². The van der Waals surface area contributed by atoms with Crippen molar-refractivity contribution >= 4 is 27.6 Å². The Morgan fingerprint density at radius 2 is 1.81 bits per heavy atom. The minimum atomic E-state index is 0.106. The topological polar surface area (TPSA) is 91.6 Å². The molecule has 7 nitrogen and oxygen atoms in total. The highest BCUT2D eigenvalue weighted by Gasteiger charge is 2.22. The SMILES string of the molecule is CC.Cc1nn(Cc2cc3cccc(C)c3c(=O)n2C2CCCCC2)c2ncnc(N)c12. The first-order valence-electron chi connectivity index (χ1n) is 11.6. The normalized spacial score (nSPS) is 14.5. The lowest BCUT2D eigenvalue weighted by molar-refractivity contribution is 0.338. The number of nitrogen functional groups attached to an aromatic ring is 1. The van der Waals surface area contributed by atoms with Crippen LogP contribution in [0.5, 0.6) is 0 Å². The fraction of sp³-hybridized carbons (Fsp3) is 0.440. The van der Waals surface area contributed by atoms with E-state index in [0.29, 0.717) is 18.0 Å². The first kappa shape index (κ1) is 22.0. The monoisotopic (exact) mass is 432 g/mol. The van der Waals surface area contributed by atoms with E-state index in [2.05, 4.69) is 21.1 Å². The van der Waals surface area contributed by atoms with Gasteiger partial charge in [-0.05, 0) is 43.7 Å². The van der Waals surface area contributed by atoms with Crippen molar-refractivity contribution in [2.75, 3.05) is 5.73 Å². The van der Waals surface area contributed by atoms with Crippen LogP contribution in [0, 0.1) is 13.8 Å². The minimum Gasteiger partial charge on any atom is -0.383 e. The predicted octanol–water partition coefficient (Wildman–Crippen LogP) is 4.92. The van der Waals surface area contributed by atoms with Gasteiger partial charge in [-0.1, -0.05) is 51.3 Å². The summed E-state index contributed by atoms with van der Waals surface area (Å²) in [5, 5.41) is 7.25. The van der Waals surface area contributed by atoms with E-state index in [9.17, 15) is 4.79 Å². The number of nitrogens with zero attached hydrogens (tertiary/aromatic N) is 5. The molecule has 168 valence electrons. The Bertz CT molecular complexity index is 1310. The lowest BCUT2D eigenvalue weighted by Crippen LogP contribution is -2.30. The third kappa shape index (κ3) is 3.76. The van der Waals surface area contributed by atoms with Crippen LogP contribution in [0.4, 0.5) is 5.82 Å². The molecule has 0 saturated heterocycles. The summed E-state index contributed by atoms with van der Waals surface area (Å²) in [7, 11) is 0. The predicted molar refractivity (Wildman–Crippen MR) is 130 cm³/mol. The Balaban J connectivity index is 0.00000119. The summed E-state index contributed by atoms with van der Waals surface area (Å²) in [4.78, 5) is 22.2. The van der Waals surface area contributed by atoms with E-state index in [1.165, 1.54) is 12.7 Å². The van der Waals surface area contributed by atoms with Gasteiger partial charge in [-0.25, -0.2) is 14.6 Å². The van der Waals surface area contributed by atoms with Crippen molar-refractivity contribution in [1.29, 1.82) is 0 Å². The maximum absolute atomic E-state index is 13.7. The number of aromatic nitrogens is 5. The summed E-state index contributed by atoms with van der Waals surface area (Å²) in [6.45, 7) is 8.39. The van der Waals surface area contributed by atoms with Crippen LogP contribution in [-0.4, -0.2) is 24.3 Å². The largest absolute Gasteiger partial charge is 0.383 e. The molecule has 1 aliphatic carbocycles. The number of benzene rings is 1. The molecule has 5 rings (SSSR count). The van der Waals surface area contributed by atoms with E-state index in [4.69, 9.17) is 5.73 Å². The molecule has 0 spiro atoms. The van der Waals surface area contributed by atoms with Crippen LogP contribution in [0.2, 0.25) is 0 Å². The van der Waals surface area contributed by atoms with E-state index in [0.717, 1.165) is 58.8 Å². The fourth-order valence-electron chi connectivity index (χ4n) is 4.94. The molecule has 4 aromatic rings. The van der Waals surface area contributed by atoms with Gasteiger partial charge >= 0.3 is 0 Å². The van der Waals surface area contributed by atoms with Gasteiger partial charge in [0.2, 0.25) is 0 Å². The van der Waals surface area contributed by atoms with Crippen molar-refractivity contribution in [3.05, 3.63) is 57.9 Å². The van der Waals surface area contributed by atoms with Crippen LogP contribution in [0.25, 0.3) is 21.8 Å². The minimum absolute atomic E-state index is 0.106. The number of nitrogens with two attached hydrogens (primary N) is 1. The first-order valence-corrected chi connectivity index (χ1v) is 11.6. The lowest BCUT2D eigenvalue weighted by atomic mass is 9.94. The number of aryl methyl sites for hydroxylation is 2. The van der Waals surface area contributed by atoms with Gasteiger partial charge in [0.15, 0.2) is 5.65 Å². The Hall–Kier alpha value is -3.22. The molecule has 7 heteroatoms. The Morgan fingerprint density at radius 1 is 1.06 bits per heavy atom. The average Bonchev–Trinajstić information content (AvgIpc) is 3.12. The maximum atomic E-state index is 13.7. The molecule has 1 aromatic carbocycles. The van der Waals surface area contributed by atoms with Crippen LogP contribution >= 0.6 is 0 Å². The van der Waals surface area contributed by atoms with Crippen molar-refractivity contribution in [1.82, 2.24) is 24.3 Å². The second-order valence-corrected chi connectivity index (χ2v) is 8.34. The van der Waals surface area contributed by atoms with E-state index < -0.39 is 0 Å². The van der Waals surface area contributed by atoms with E-state index in [-0.39, 0.29) is 11.6 Å². The van der Waals surface area contributed by atoms with E-state index in [1.807, 2.05) is 55.1 Å². The molecule has 1 aliphatic rings. The zero-order valence-electron chi connectivity index (χ0n) is 19.4. The molecule has 3 aromatic heterocycles. The van der Waals surface area contributed by atoms with Crippen LogP contribution in [0.15, 0.2) is 35.4 Å². The van der Waals surface area contributed by atoms with Crippen LogP contribution in [0.1, 0.15) is 68.9 Å². The lowest BCUT2D eigenvalue weighted by Gasteiger charge is -2.27. The highest BCUT2D eigenvalue weighted by Crippen LogP contribution is 2.30. The van der Waals surface area contributed by atoms with Gasteiger partial charge in [-0.2, -0.15) is 5.10 Å². The smallest absolute Gasteiger partial charge is 0.259 e. The van der Waals surface area contributed by atoms with Crippen molar-refractivity contribution in [3.63, 3.8) is 0 Å². The number of rotatable bonds is 3. The second-order valence-electron chi connectivity index (χ2n) is 8.34.